The maximum Gasteiger partial charge on any atom is 0.319 e. The monoisotopic (exact) mass is 727 g/mol. The number of aromatic hydroxyl groups is 1. The number of nitrogens with zero attached hydrogens (tertiary/aromatic N) is 5. The molecule has 4 aromatic rings. The SMILES string of the molecule is CCc1c(F)ccc2cc(O)cc(-c3ncc4c(N5CCCC(C)(O)C5)nc(OCC56CCCC5N(C5CC7(CCOCC7)C5)CCC6)nc4c3F)c12. The highest BCUT2D eigenvalue weighted by Crippen LogP contribution is 2.56. The van der Waals surface area contributed by atoms with Gasteiger partial charge in [-0.15, -0.1) is 0 Å². The number of aromatic nitrogens is 3. The lowest BCUT2D eigenvalue weighted by atomic mass is 9.60. The Hall–Kier alpha value is -3.67. The first-order chi connectivity index (χ1) is 25.6. The van der Waals surface area contributed by atoms with Gasteiger partial charge in [0.1, 0.15) is 28.6 Å². The van der Waals surface area contributed by atoms with Gasteiger partial charge in [0.25, 0.3) is 0 Å². The second-order valence-corrected chi connectivity index (χ2v) is 17.1. The Bertz CT molecular complexity index is 2050. The van der Waals surface area contributed by atoms with Gasteiger partial charge in [0, 0.05) is 55.6 Å². The molecule has 3 saturated heterocycles. The maximum absolute atomic E-state index is 17.1. The maximum atomic E-state index is 17.1. The number of aliphatic hydroxyl groups is 1. The van der Waals surface area contributed by atoms with Crippen LogP contribution < -0.4 is 9.64 Å². The van der Waals surface area contributed by atoms with E-state index in [1.807, 2.05) is 18.7 Å². The number of β-amino-alcohol motifs (C(OH)–C–C–N with tert-alkyl or cyclic N) is 1. The number of hydrogen-bond donors (Lipinski definition) is 2. The average molecular weight is 728 g/mol. The zero-order valence-electron chi connectivity index (χ0n) is 31.0. The molecular weight excluding hydrogens is 676 g/mol. The van der Waals surface area contributed by atoms with Crippen molar-refractivity contribution in [3.8, 4) is 23.0 Å². The van der Waals surface area contributed by atoms with E-state index in [0.29, 0.717) is 83.1 Å². The molecule has 5 aliphatic rings. The Labute approximate surface area is 309 Å². The summed E-state index contributed by atoms with van der Waals surface area (Å²) in [6.45, 7) is 7.99. The molecule has 0 amide bonds. The van der Waals surface area contributed by atoms with E-state index in [0.717, 1.165) is 58.3 Å². The van der Waals surface area contributed by atoms with Crippen LogP contribution in [0, 0.1) is 22.5 Å². The number of anilines is 1. The topological polar surface area (TPSA) is 104 Å². The highest BCUT2D eigenvalue weighted by atomic mass is 19.1. The molecule has 0 radical (unpaired) electrons. The van der Waals surface area contributed by atoms with E-state index < -0.39 is 17.2 Å². The number of fused-ring (bicyclic) bond motifs is 3. The fourth-order valence-electron chi connectivity index (χ4n) is 10.9. The van der Waals surface area contributed by atoms with Gasteiger partial charge in [-0.05, 0) is 124 Å². The van der Waals surface area contributed by atoms with E-state index in [9.17, 15) is 10.2 Å². The molecule has 2 aromatic heterocycles. The fraction of sp³-hybridized carbons (Fsp3) is 0.595. The van der Waals surface area contributed by atoms with Crippen molar-refractivity contribution in [2.24, 2.45) is 10.8 Å². The standard InChI is InChI=1S/C42H51F2N5O4/c1-3-29-32(43)9-8-26-19-28(50)20-30(34(26)29)36-35(44)37-31(23-45-36)38(48-15-5-10-40(2,51)24-48)47-39(46-37)53-25-42-11-4-7-33(42)49(16-6-12-42)27-21-41(22-27)13-17-52-18-14-41/h8-9,19-20,23,27,33,50-51H,3-7,10-18,21-22,24-25H2,1-2H3. The van der Waals surface area contributed by atoms with Gasteiger partial charge >= 0.3 is 6.01 Å². The first kappa shape index (κ1) is 35.1. The summed E-state index contributed by atoms with van der Waals surface area (Å²) in [7, 11) is 0. The number of ether oxygens (including phenoxy) is 2. The van der Waals surface area contributed by atoms with E-state index in [1.165, 1.54) is 37.8 Å². The molecule has 2 aromatic carbocycles. The molecule has 9 nitrogen and oxygen atoms in total. The lowest BCUT2D eigenvalue weighted by Gasteiger charge is -2.58. The number of likely N-dealkylation sites (tertiary alicyclic amines) is 1. The molecule has 3 aliphatic heterocycles. The van der Waals surface area contributed by atoms with Crippen LogP contribution in [0.15, 0.2) is 30.5 Å². The molecule has 9 rings (SSSR count). The number of phenols is 1. The van der Waals surface area contributed by atoms with Crippen LogP contribution in [0.5, 0.6) is 11.8 Å². The first-order valence-corrected chi connectivity index (χ1v) is 19.8. The quantitative estimate of drug-likeness (QED) is 0.198. The third-order valence-corrected chi connectivity index (χ3v) is 13.6. The molecular formula is C42H51F2N5O4. The summed E-state index contributed by atoms with van der Waals surface area (Å²) in [6.07, 6.45) is 13.8. The number of rotatable bonds is 7. The third-order valence-electron chi connectivity index (χ3n) is 13.6. The Kier molecular flexibility index (Phi) is 8.78. The summed E-state index contributed by atoms with van der Waals surface area (Å²) in [5.41, 5.74) is 0.254. The van der Waals surface area contributed by atoms with Gasteiger partial charge in [0.2, 0.25) is 0 Å². The van der Waals surface area contributed by atoms with Crippen LogP contribution in [0.25, 0.3) is 32.9 Å². The number of hydrogen-bond acceptors (Lipinski definition) is 9. The smallest absolute Gasteiger partial charge is 0.319 e. The lowest BCUT2D eigenvalue weighted by molar-refractivity contribution is -0.112. The molecule has 282 valence electrons. The Balaban J connectivity index is 1.09. The molecule has 2 N–H and O–H groups in total. The van der Waals surface area contributed by atoms with Crippen molar-refractivity contribution in [3.05, 3.63) is 47.7 Å². The van der Waals surface area contributed by atoms with Gasteiger partial charge in [-0.2, -0.15) is 9.97 Å². The summed E-state index contributed by atoms with van der Waals surface area (Å²) in [5.74, 6) is -0.671. The van der Waals surface area contributed by atoms with Crippen LogP contribution in [0.2, 0.25) is 0 Å². The Morgan fingerprint density at radius 3 is 2.58 bits per heavy atom. The van der Waals surface area contributed by atoms with Crippen molar-refractivity contribution >= 4 is 27.5 Å². The van der Waals surface area contributed by atoms with Crippen LogP contribution in [0.1, 0.15) is 90.0 Å². The van der Waals surface area contributed by atoms with Crippen LogP contribution in [0.4, 0.5) is 14.6 Å². The van der Waals surface area contributed by atoms with Crippen LogP contribution >= 0.6 is 0 Å². The molecule has 11 heteroatoms. The third kappa shape index (κ3) is 6.11. The first-order valence-electron chi connectivity index (χ1n) is 19.8. The zero-order valence-corrected chi connectivity index (χ0v) is 31.0. The molecule has 2 saturated carbocycles. The zero-order chi connectivity index (χ0) is 36.5. The van der Waals surface area contributed by atoms with Crippen molar-refractivity contribution in [2.45, 2.75) is 109 Å². The lowest BCUT2D eigenvalue weighted by Crippen LogP contribution is -2.61. The molecule has 5 heterocycles. The predicted octanol–water partition coefficient (Wildman–Crippen LogP) is 7.72. The van der Waals surface area contributed by atoms with Gasteiger partial charge in [-0.3, -0.25) is 9.88 Å². The summed E-state index contributed by atoms with van der Waals surface area (Å²) in [4.78, 5) is 19.1. The highest BCUT2D eigenvalue weighted by molar-refractivity contribution is 6.01. The van der Waals surface area contributed by atoms with Gasteiger partial charge < -0.3 is 24.6 Å². The van der Waals surface area contributed by atoms with E-state index in [2.05, 4.69) is 9.88 Å². The van der Waals surface area contributed by atoms with Gasteiger partial charge in [0.05, 0.1) is 17.6 Å². The van der Waals surface area contributed by atoms with Crippen LogP contribution in [-0.4, -0.2) is 87.2 Å². The predicted molar refractivity (Wildman–Crippen MR) is 200 cm³/mol. The van der Waals surface area contributed by atoms with Crippen LogP contribution in [-0.2, 0) is 11.2 Å². The summed E-state index contributed by atoms with van der Waals surface area (Å²) >= 11 is 0. The van der Waals surface area contributed by atoms with Crippen molar-refractivity contribution < 1.29 is 28.5 Å². The van der Waals surface area contributed by atoms with Gasteiger partial charge in [-0.1, -0.05) is 19.4 Å². The van der Waals surface area contributed by atoms with Crippen molar-refractivity contribution in [1.82, 2.24) is 19.9 Å². The second kappa shape index (κ2) is 13.3. The molecule has 0 bridgehead atoms. The summed E-state index contributed by atoms with van der Waals surface area (Å²) in [6, 6.07) is 7.13. The van der Waals surface area contributed by atoms with Gasteiger partial charge in [-0.25, -0.2) is 8.78 Å². The molecule has 2 aliphatic carbocycles. The second-order valence-electron chi connectivity index (χ2n) is 17.1. The van der Waals surface area contributed by atoms with Crippen molar-refractivity contribution in [3.63, 3.8) is 0 Å². The van der Waals surface area contributed by atoms with E-state index in [-0.39, 0.29) is 28.4 Å². The summed E-state index contributed by atoms with van der Waals surface area (Å²) < 4.78 is 44.5. The minimum atomic E-state index is -0.935. The normalized spacial score (nSPS) is 27.7. The van der Waals surface area contributed by atoms with E-state index in [1.54, 1.807) is 18.3 Å². The Morgan fingerprint density at radius 2 is 1.79 bits per heavy atom. The molecule has 3 unspecified atom stereocenters. The average Bonchev–Trinajstić information content (AvgIpc) is 3.57. The van der Waals surface area contributed by atoms with Crippen LogP contribution in [0.3, 0.4) is 0 Å². The van der Waals surface area contributed by atoms with E-state index in [4.69, 9.17) is 19.4 Å². The summed E-state index contributed by atoms with van der Waals surface area (Å²) in [5, 5.41) is 23.3. The van der Waals surface area contributed by atoms with Crippen molar-refractivity contribution in [1.29, 1.82) is 0 Å². The number of piperidine rings is 2. The molecule has 5 fully saturated rings. The fourth-order valence-corrected chi connectivity index (χ4v) is 10.9. The number of phenolic OH excluding ortho intramolecular Hbond substituents is 1. The number of aryl methyl sites for hydroxylation is 1. The molecule has 1 spiro atoms. The highest BCUT2D eigenvalue weighted by Gasteiger charge is 2.55. The number of pyridine rings is 1. The van der Waals surface area contributed by atoms with Crippen molar-refractivity contribution in [2.75, 3.05) is 44.4 Å². The largest absolute Gasteiger partial charge is 0.508 e. The number of benzene rings is 2. The minimum absolute atomic E-state index is 0.0208. The van der Waals surface area contributed by atoms with Gasteiger partial charge in [0.15, 0.2) is 5.82 Å². The number of halogens is 2. The minimum Gasteiger partial charge on any atom is -0.508 e. The Morgan fingerprint density at radius 1 is 1.00 bits per heavy atom. The van der Waals surface area contributed by atoms with E-state index >= 15 is 8.78 Å². The molecule has 3 atom stereocenters. The molecule has 53 heavy (non-hydrogen) atoms.